The fourth-order valence-corrected chi connectivity index (χ4v) is 2.90. The predicted molar refractivity (Wildman–Crippen MR) is 79.9 cm³/mol. The van der Waals surface area contributed by atoms with E-state index in [1.807, 2.05) is 19.1 Å². The maximum Gasteiger partial charge on any atom is 0.115 e. The average molecular weight is 323 g/mol. The topological polar surface area (TPSA) is 38.9 Å². The van der Waals surface area contributed by atoms with Gasteiger partial charge >= 0.3 is 0 Å². The van der Waals surface area contributed by atoms with E-state index < -0.39 is 0 Å². The van der Waals surface area contributed by atoms with Crippen molar-refractivity contribution in [2.75, 3.05) is 0 Å². The van der Waals surface area contributed by atoms with E-state index >= 15 is 0 Å². The average Bonchev–Trinajstić information content (AvgIpc) is 2.34. The summed E-state index contributed by atoms with van der Waals surface area (Å²) in [6.45, 7) is 2.02. The monoisotopic (exact) mass is 322 g/mol. The maximum absolute atomic E-state index is 5.78. The van der Waals surface area contributed by atoms with Crippen molar-refractivity contribution in [1.82, 2.24) is 4.98 Å². The summed E-state index contributed by atoms with van der Waals surface area (Å²) in [5.41, 5.74) is 7.06. The molecule has 2 N–H and O–H groups in total. The van der Waals surface area contributed by atoms with E-state index in [-0.39, 0.29) is 6.04 Å². The van der Waals surface area contributed by atoms with Crippen molar-refractivity contribution in [3.05, 3.63) is 52.6 Å². The molecule has 2 nitrogen and oxygen atoms in total. The maximum atomic E-state index is 5.78. The lowest BCUT2D eigenvalue weighted by atomic mass is 10.1. The van der Waals surface area contributed by atoms with Gasteiger partial charge in [-0.15, -0.1) is 0 Å². The molecule has 0 bridgehead atoms. The minimum absolute atomic E-state index is 0.202. The van der Waals surface area contributed by atoms with E-state index in [4.69, 9.17) is 5.73 Å². The van der Waals surface area contributed by atoms with Crippen LogP contribution in [-0.2, 0) is 6.42 Å². The molecule has 1 aromatic heterocycles. The molecule has 0 saturated carbocycles. The summed E-state index contributed by atoms with van der Waals surface area (Å²) in [4.78, 5) is 5.52. The van der Waals surface area contributed by atoms with Gasteiger partial charge in [0.05, 0.1) is 4.47 Å². The van der Waals surface area contributed by atoms with Crippen molar-refractivity contribution >= 4 is 27.7 Å². The molecule has 2 rings (SSSR count). The van der Waals surface area contributed by atoms with Crippen molar-refractivity contribution < 1.29 is 0 Å². The third kappa shape index (κ3) is 3.83. The van der Waals surface area contributed by atoms with Gasteiger partial charge < -0.3 is 5.73 Å². The minimum Gasteiger partial charge on any atom is -0.328 e. The fraction of sp³-hybridized carbons (Fsp3) is 0.214. The molecular formula is C14H15BrN2S. The molecule has 0 aliphatic carbocycles. The summed E-state index contributed by atoms with van der Waals surface area (Å²) in [7, 11) is 0. The Labute approximate surface area is 120 Å². The quantitative estimate of drug-likeness (QED) is 0.928. The van der Waals surface area contributed by atoms with Gasteiger partial charge in [0.2, 0.25) is 0 Å². The highest BCUT2D eigenvalue weighted by molar-refractivity contribution is 9.10. The van der Waals surface area contributed by atoms with Crippen molar-refractivity contribution in [3.63, 3.8) is 0 Å². The number of hydrogen-bond donors (Lipinski definition) is 1. The number of halogens is 1. The zero-order valence-electron chi connectivity index (χ0n) is 10.1. The summed E-state index contributed by atoms with van der Waals surface area (Å²) in [6, 6.07) is 12.6. The van der Waals surface area contributed by atoms with Crippen LogP contribution < -0.4 is 5.73 Å². The van der Waals surface area contributed by atoms with Crippen LogP contribution in [0.25, 0.3) is 0 Å². The molecule has 4 heteroatoms. The Hall–Kier alpha value is -0.840. The molecule has 0 saturated heterocycles. The third-order valence-electron chi connectivity index (χ3n) is 2.42. The Balaban J connectivity index is 2.09. The number of hydrogen-bond acceptors (Lipinski definition) is 3. The summed E-state index contributed by atoms with van der Waals surface area (Å²) in [5, 5.41) is 0.984. The third-order valence-corrected chi connectivity index (χ3v) is 4.35. The molecule has 0 amide bonds. The van der Waals surface area contributed by atoms with Crippen LogP contribution in [0.3, 0.4) is 0 Å². The molecule has 1 unspecified atom stereocenters. The molecule has 1 atom stereocenters. The fourth-order valence-electron chi connectivity index (χ4n) is 1.62. The van der Waals surface area contributed by atoms with Crippen molar-refractivity contribution in [3.8, 4) is 0 Å². The summed E-state index contributed by atoms with van der Waals surface area (Å²) >= 11 is 5.15. The zero-order valence-corrected chi connectivity index (χ0v) is 12.5. The Bertz CT molecular complexity index is 511. The lowest BCUT2D eigenvalue weighted by Crippen LogP contribution is -2.17. The van der Waals surface area contributed by atoms with E-state index in [9.17, 15) is 0 Å². The molecule has 18 heavy (non-hydrogen) atoms. The van der Waals surface area contributed by atoms with E-state index in [1.165, 1.54) is 10.5 Å². The van der Waals surface area contributed by atoms with Gasteiger partial charge in [-0.05, 0) is 59.1 Å². The molecule has 1 heterocycles. The van der Waals surface area contributed by atoms with Crippen molar-refractivity contribution in [2.45, 2.75) is 29.3 Å². The van der Waals surface area contributed by atoms with E-state index in [2.05, 4.69) is 45.2 Å². The smallest absolute Gasteiger partial charge is 0.115 e. The second-order valence-corrected chi connectivity index (χ2v) is 6.13. The second kappa shape index (κ2) is 6.36. The van der Waals surface area contributed by atoms with Gasteiger partial charge in [-0.2, -0.15) is 0 Å². The highest BCUT2D eigenvalue weighted by Gasteiger charge is 2.03. The summed E-state index contributed by atoms with van der Waals surface area (Å²) in [6.07, 6.45) is 2.72. The van der Waals surface area contributed by atoms with Gasteiger partial charge in [0.15, 0.2) is 0 Å². The number of rotatable bonds is 4. The van der Waals surface area contributed by atoms with E-state index in [0.29, 0.717) is 0 Å². The first-order valence-corrected chi connectivity index (χ1v) is 7.39. The highest BCUT2D eigenvalue weighted by Crippen LogP contribution is 2.31. The highest BCUT2D eigenvalue weighted by atomic mass is 79.9. The van der Waals surface area contributed by atoms with Gasteiger partial charge in [-0.3, -0.25) is 0 Å². The van der Waals surface area contributed by atoms with Crippen LogP contribution in [-0.4, -0.2) is 11.0 Å². The molecule has 1 aromatic carbocycles. The van der Waals surface area contributed by atoms with Crippen LogP contribution >= 0.6 is 27.7 Å². The van der Waals surface area contributed by atoms with Gasteiger partial charge in [0.25, 0.3) is 0 Å². The van der Waals surface area contributed by atoms with E-state index in [1.54, 1.807) is 18.0 Å². The van der Waals surface area contributed by atoms with Gasteiger partial charge in [0, 0.05) is 17.1 Å². The predicted octanol–water partition coefficient (Wildman–Crippen LogP) is 3.89. The normalized spacial score (nSPS) is 12.4. The Morgan fingerprint density at radius 2 is 2.00 bits per heavy atom. The molecular weight excluding hydrogens is 308 g/mol. The first-order valence-electron chi connectivity index (χ1n) is 5.78. The standard InChI is InChI=1S/C14H15BrN2S/c1-10(16)9-11-4-6-12(7-5-11)18-14-13(15)3-2-8-17-14/h2-8,10H,9,16H2,1H3. The number of benzene rings is 1. The molecule has 94 valence electrons. The SMILES string of the molecule is CC(N)Cc1ccc(Sc2ncccc2Br)cc1. The van der Waals surface area contributed by atoms with Gasteiger partial charge in [-0.1, -0.05) is 23.9 Å². The summed E-state index contributed by atoms with van der Waals surface area (Å²) in [5.74, 6) is 0. The Kier molecular flexibility index (Phi) is 4.80. The second-order valence-electron chi connectivity index (χ2n) is 4.22. The zero-order chi connectivity index (χ0) is 13.0. The lowest BCUT2D eigenvalue weighted by molar-refractivity contribution is 0.737. The Morgan fingerprint density at radius 3 is 2.61 bits per heavy atom. The minimum atomic E-state index is 0.202. The number of pyridine rings is 1. The first-order chi connectivity index (χ1) is 8.65. The van der Waals surface area contributed by atoms with Crippen molar-refractivity contribution in [2.24, 2.45) is 5.73 Å². The van der Waals surface area contributed by atoms with Gasteiger partial charge in [-0.25, -0.2) is 4.98 Å². The van der Waals surface area contributed by atoms with Crippen LogP contribution in [0.4, 0.5) is 0 Å². The molecule has 0 radical (unpaired) electrons. The number of nitrogens with zero attached hydrogens (tertiary/aromatic N) is 1. The van der Waals surface area contributed by atoms with Crippen LogP contribution in [0.15, 0.2) is 57.0 Å². The lowest BCUT2D eigenvalue weighted by Gasteiger charge is -2.07. The van der Waals surface area contributed by atoms with Gasteiger partial charge in [0.1, 0.15) is 5.03 Å². The molecule has 2 aromatic rings. The summed E-state index contributed by atoms with van der Waals surface area (Å²) < 4.78 is 1.02. The molecule has 0 aliphatic heterocycles. The number of nitrogens with two attached hydrogens (primary N) is 1. The largest absolute Gasteiger partial charge is 0.328 e. The molecule has 0 spiro atoms. The van der Waals surface area contributed by atoms with Crippen LogP contribution in [0.2, 0.25) is 0 Å². The van der Waals surface area contributed by atoms with E-state index in [0.717, 1.165) is 15.9 Å². The molecule has 0 fully saturated rings. The van der Waals surface area contributed by atoms with Crippen LogP contribution in [0, 0.1) is 0 Å². The van der Waals surface area contributed by atoms with Crippen LogP contribution in [0.1, 0.15) is 12.5 Å². The first kappa shape index (κ1) is 13.6. The van der Waals surface area contributed by atoms with Crippen LogP contribution in [0.5, 0.6) is 0 Å². The molecule has 0 aliphatic rings. The Morgan fingerprint density at radius 1 is 1.28 bits per heavy atom. The van der Waals surface area contributed by atoms with Crippen molar-refractivity contribution in [1.29, 1.82) is 0 Å². The number of aromatic nitrogens is 1.